The van der Waals surface area contributed by atoms with E-state index in [9.17, 15) is 4.79 Å². The number of rotatable bonds is 10. The highest BCUT2D eigenvalue weighted by molar-refractivity contribution is 5.92. The van der Waals surface area contributed by atoms with Crippen LogP contribution in [0.1, 0.15) is 30.3 Å². The maximum absolute atomic E-state index is 12.0. The Morgan fingerprint density at radius 1 is 1.12 bits per heavy atom. The highest BCUT2D eigenvalue weighted by Crippen LogP contribution is 2.16. The monoisotopic (exact) mass is 344 g/mol. The van der Waals surface area contributed by atoms with E-state index < -0.39 is 0 Å². The van der Waals surface area contributed by atoms with E-state index in [2.05, 4.69) is 27.5 Å². The summed E-state index contributed by atoms with van der Waals surface area (Å²) in [5, 5.41) is 5.95. The summed E-state index contributed by atoms with van der Waals surface area (Å²) in [6.45, 7) is 3.75. The van der Waals surface area contributed by atoms with E-state index in [1.807, 2.05) is 24.3 Å². The van der Waals surface area contributed by atoms with Crippen molar-refractivity contribution in [3.8, 4) is 11.5 Å². The number of nitrogens with one attached hydrogen (secondary N) is 2. The molecule has 0 atom stereocenters. The van der Waals surface area contributed by atoms with Crippen LogP contribution in [-0.4, -0.2) is 42.7 Å². The van der Waals surface area contributed by atoms with Crippen molar-refractivity contribution in [3.05, 3.63) is 42.4 Å². The quantitative estimate of drug-likeness (QED) is 0.644. The van der Waals surface area contributed by atoms with Crippen molar-refractivity contribution in [1.82, 2.24) is 15.3 Å². The summed E-state index contributed by atoms with van der Waals surface area (Å²) in [7, 11) is 1.62. The van der Waals surface area contributed by atoms with Crippen molar-refractivity contribution >= 4 is 11.7 Å². The van der Waals surface area contributed by atoms with Gasteiger partial charge in [0, 0.05) is 12.6 Å². The van der Waals surface area contributed by atoms with Gasteiger partial charge < -0.3 is 20.1 Å². The van der Waals surface area contributed by atoms with Crippen molar-refractivity contribution < 1.29 is 14.3 Å². The highest BCUT2D eigenvalue weighted by atomic mass is 16.5. The van der Waals surface area contributed by atoms with E-state index >= 15 is 0 Å². The first kappa shape index (κ1) is 18.5. The Balaban J connectivity index is 1.76. The van der Waals surface area contributed by atoms with Gasteiger partial charge in [0.2, 0.25) is 0 Å². The minimum absolute atomic E-state index is 0.187. The van der Waals surface area contributed by atoms with Crippen LogP contribution >= 0.6 is 0 Å². The summed E-state index contributed by atoms with van der Waals surface area (Å²) in [6.07, 6.45) is 3.36. The Hall–Kier alpha value is -2.83. The van der Waals surface area contributed by atoms with Crippen LogP contribution in [0.3, 0.4) is 0 Å². The molecule has 0 saturated carbocycles. The molecular weight excluding hydrogens is 320 g/mol. The van der Waals surface area contributed by atoms with Gasteiger partial charge in [-0.25, -0.2) is 9.97 Å². The smallest absolute Gasteiger partial charge is 0.270 e. The molecule has 25 heavy (non-hydrogen) atoms. The molecule has 1 heterocycles. The summed E-state index contributed by atoms with van der Waals surface area (Å²) in [5.41, 5.74) is 0.352. The molecule has 0 aliphatic heterocycles. The Labute approximate surface area is 147 Å². The molecule has 0 bridgehead atoms. The van der Waals surface area contributed by atoms with Crippen LogP contribution in [0.25, 0.3) is 0 Å². The number of hydrogen-bond acceptors (Lipinski definition) is 6. The zero-order chi connectivity index (χ0) is 17.9. The van der Waals surface area contributed by atoms with Gasteiger partial charge in [-0.1, -0.05) is 13.3 Å². The van der Waals surface area contributed by atoms with Crippen molar-refractivity contribution in [2.75, 3.05) is 32.1 Å². The van der Waals surface area contributed by atoms with E-state index in [0.29, 0.717) is 31.2 Å². The fourth-order valence-corrected chi connectivity index (χ4v) is 2.07. The van der Waals surface area contributed by atoms with Crippen LogP contribution < -0.4 is 20.1 Å². The first-order chi connectivity index (χ1) is 12.2. The number of methoxy groups -OCH3 is 1. The van der Waals surface area contributed by atoms with E-state index in [4.69, 9.17) is 9.47 Å². The molecule has 2 N–H and O–H groups in total. The third kappa shape index (κ3) is 6.29. The number of carbonyl (C=O) groups excluding carboxylic acids is 1. The first-order valence-electron chi connectivity index (χ1n) is 8.34. The van der Waals surface area contributed by atoms with Gasteiger partial charge in [0.25, 0.3) is 5.91 Å². The summed E-state index contributed by atoms with van der Waals surface area (Å²) >= 11 is 0. The van der Waals surface area contributed by atoms with Crippen LogP contribution in [0.15, 0.2) is 36.7 Å². The number of hydrogen-bond donors (Lipinski definition) is 2. The van der Waals surface area contributed by atoms with Crippen LogP contribution in [0, 0.1) is 0 Å². The van der Waals surface area contributed by atoms with Crippen LogP contribution in [-0.2, 0) is 0 Å². The molecule has 0 spiro atoms. The second kappa shape index (κ2) is 10.1. The summed E-state index contributed by atoms with van der Waals surface area (Å²) in [5.74, 6) is 1.96. The largest absolute Gasteiger partial charge is 0.497 e. The van der Waals surface area contributed by atoms with Gasteiger partial charge >= 0.3 is 0 Å². The molecule has 1 amide bonds. The first-order valence-corrected chi connectivity index (χ1v) is 8.34. The lowest BCUT2D eigenvalue weighted by Crippen LogP contribution is -2.25. The fourth-order valence-electron chi connectivity index (χ4n) is 2.07. The van der Waals surface area contributed by atoms with Gasteiger partial charge in [0.05, 0.1) is 13.7 Å². The Bertz CT molecular complexity index is 662. The summed E-state index contributed by atoms with van der Waals surface area (Å²) in [4.78, 5) is 20.1. The Morgan fingerprint density at radius 3 is 2.60 bits per heavy atom. The van der Waals surface area contributed by atoms with Gasteiger partial charge in [-0.15, -0.1) is 0 Å². The highest BCUT2D eigenvalue weighted by Gasteiger charge is 2.07. The zero-order valence-corrected chi connectivity index (χ0v) is 14.6. The zero-order valence-electron chi connectivity index (χ0n) is 14.6. The SMILES string of the molecule is CCCCNC(=O)c1cc(NCCOc2ccc(OC)cc2)ncn1. The predicted octanol–water partition coefficient (Wildman–Crippen LogP) is 2.51. The molecule has 0 saturated heterocycles. The topological polar surface area (TPSA) is 85.4 Å². The van der Waals surface area contributed by atoms with Crippen LogP contribution in [0.2, 0.25) is 0 Å². The molecule has 2 rings (SSSR count). The minimum atomic E-state index is -0.187. The predicted molar refractivity (Wildman–Crippen MR) is 96.3 cm³/mol. The van der Waals surface area contributed by atoms with Gasteiger partial charge in [-0.3, -0.25) is 4.79 Å². The molecule has 1 aromatic carbocycles. The lowest BCUT2D eigenvalue weighted by Gasteiger charge is -2.09. The maximum atomic E-state index is 12.0. The van der Waals surface area contributed by atoms with E-state index in [-0.39, 0.29) is 5.91 Å². The lowest BCUT2D eigenvalue weighted by molar-refractivity contribution is 0.0948. The third-order valence-corrected chi connectivity index (χ3v) is 3.45. The average Bonchev–Trinajstić information content (AvgIpc) is 2.66. The minimum Gasteiger partial charge on any atom is -0.497 e. The molecule has 0 radical (unpaired) electrons. The number of carbonyl (C=O) groups is 1. The van der Waals surface area contributed by atoms with Crippen molar-refractivity contribution in [2.24, 2.45) is 0 Å². The second-order valence-corrected chi connectivity index (χ2v) is 5.35. The lowest BCUT2D eigenvalue weighted by atomic mass is 10.3. The molecule has 1 aromatic heterocycles. The third-order valence-electron chi connectivity index (χ3n) is 3.45. The van der Waals surface area contributed by atoms with E-state index in [1.165, 1.54) is 6.33 Å². The van der Waals surface area contributed by atoms with Gasteiger partial charge in [-0.2, -0.15) is 0 Å². The Kier molecular flexibility index (Phi) is 7.49. The van der Waals surface area contributed by atoms with Crippen molar-refractivity contribution in [2.45, 2.75) is 19.8 Å². The van der Waals surface area contributed by atoms with Gasteiger partial charge in [0.1, 0.15) is 35.9 Å². The number of unbranched alkanes of at least 4 members (excludes halogenated alkanes) is 1. The van der Waals surface area contributed by atoms with Crippen LogP contribution in [0.4, 0.5) is 5.82 Å². The van der Waals surface area contributed by atoms with Crippen molar-refractivity contribution in [3.63, 3.8) is 0 Å². The van der Waals surface area contributed by atoms with Crippen molar-refractivity contribution in [1.29, 1.82) is 0 Å². The maximum Gasteiger partial charge on any atom is 0.270 e. The molecule has 0 unspecified atom stereocenters. The second-order valence-electron chi connectivity index (χ2n) is 5.35. The fraction of sp³-hybridized carbons (Fsp3) is 0.389. The molecule has 0 fully saturated rings. The molecule has 7 heteroatoms. The number of aromatic nitrogens is 2. The van der Waals surface area contributed by atoms with Gasteiger partial charge in [-0.05, 0) is 30.7 Å². The molecule has 0 aliphatic carbocycles. The van der Waals surface area contributed by atoms with Gasteiger partial charge in [0.15, 0.2) is 0 Å². The molecular formula is C18H24N4O3. The summed E-state index contributed by atoms with van der Waals surface area (Å²) < 4.78 is 10.7. The molecule has 7 nitrogen and oxygen atoms in total. The summed E-state index contributed by atoms with van der Waals surface area (Å²) in [6, 6.07) is 9.02. The molecule has 0 aliphatic rings. The number of benzene rings is 1. The van der Waals surface area contributed by atoms with E-state index in [0.717, 1.165) is 24.3 Å². The standard InChI is InChI=1S/C18H24N4O3/c1-3-4-9-20-18(23)16-12-17(22-13-21-16)19-10-11-25-15-7-5-14(24-2)6-8-15/h5-8,12-13H,3-4,9-11H2,1-2H3,(H,20,23)(H,19,21,22). The number of amides is 1. The van der Waals surface area contributed by atoms with E-state index in [1.54, 1.807) is 13.2 Å². The molecule has 134 valence electrons. The normalized spacial score (nSPS) is 10.2. The molecule has 2 aromatic rings. The number of nitrogens with zero attached hydrogens (tertiary/aromatic N) is 2. The van der Waals surface area contributed by atoms with Crippen LogP contribution in [0.5, 0.6) is 11.5 Å². The average molecular weight is 344 g/mol. The number of anilines is 1. The Morgan fingerprint density at radius 2 is 1.88 bits per heavy atom. The number of ether oxygens (including phenoxy) is 2.